The normalized spacial score (nSPS) is 11.5. The molecule has 2 aromatic rings. The van der Waals surface area contributed by atoms with Crippen LogP contribution in [0.5, 0.6) is 0 Å². The van der Waals surface area contributed by atoms with E-state index in [-0.39, 0.29) is 21.3 Å². The molecule has 2 heterocycles. The lowest BCUT2D eigenvalue weighted by molar-refractivity contribution is 0.580. The van der Waals surface area contributed by atoms with E-state index in [1.54, 1.807) is 12.4 Å². The molecule has 2 rings (SSSR count). The SMILES string of the molecule is CNc1ncc(S(=O)(=O)NCc2csc(=O)[nH]2)cc1Cl. The molecule has 0 spiro atoms. The Balaban J connectivity index is 2.17. The number of rotatable bonds is 5. The number of hydrogen-bond acceptors (Lipinski definition) is 6. The van der Waals surface area contributed by atoms with E-state index >= 15 is 0 Å². The predicted molar refractivity (Wildman–Crippen MR) is 77.8 cm³/mol. The van der Waals surface area contributed by atoms with Gasteiger partial charge in [-0.2, -0.15) is 0 Å². The third-order valence-corrected chi connectivity index (χ3v) is 4.76. The van der Waals surface area contributed by atoms with Crippen LogP contribution in [0.2, 0.25) is 5.02 Å². The minimum Gasteiger partial charge on any atom is -0.372 e. The van der Waals surface area contributed by atoms with E-state index in [4.69, 9.17) is 11.6 Å². The Kier molecular flexibility index (Phi) is 4.43. The number of halogens is 1. The van der Waals surface area contributed by atoms with Gasteiger partial charge in [0.15, 0.2) is 0 Å². The first kappa shape index (κ1) is 15.0. The van der Waals surface area contributed by atoms with Crippen LogP contribution in [0.4, 0.5) is 5.82 Å². The first-order valence-corrected chi connectivity index (χ1v) is 8.16. The summed E-state index contributed by atoms with van der Waals surface area (Å²) in [7, 11) is -2.11. The lowest BCUT2D eigenvalue weighted by Crippen LogP contribution is -2.24. The molecule has 0 aliphatic rings. The Morgan fingerprint density at radius 1 is 1.50 bits per heavy atom. The van der Waals surface area contributed by atoms with Crippen LogP contribution in [-0.4, -0.2) is 25.4 Å². The van der Waals surface area contributed by atoms with Gasteiger partial charge in [-0.05, 0) is 6.07 Å². The van der Waals surface area contributed by atoms with Gasteiger partial charge in [0.1, 0.15) is 10.7 Å². The summed E-state index contributed by atoms with van der Waals surface area (Å²) in [4.78, 5) is 17.1. The molecule has 0 aliphatic heterocycles. The molecular formula is C10H11ClN4O3S2. The number of thiazole rings is 1. The largest absolute Gasteiger partial charge is 0.372 e. The average Bonchev–Trinajstić information content (AvgIpc) is 2.82. The molecule has 3 N–H and O–H groups in total. The average molecular weight is 335 g/mol. The zero-order valence-corrected chi connectivity index (χ0v) is 12.7. The monoisotopic (exact) mass is 334 g/mol. The molecule has 0 saturated heterocycles. The van der Waals surface area contributed by atoms with Crippen molar-refractivity contribution in [2.45, 2.75) is 11.4 Å². The van der Waals surface area contributed by atoms with Crippen LogP contribution >= 0.6 is 22.9 Å². The van der Waals surface area contributed by atoms with E-state index in [1.807, 2.05) is 0 Å². The van der Waals surface area contributed by atoms with Gasteiger partial charge >= 0.3 is 4.87 Å². The number of sulfonamides is 1. The number of pyridine rings is 1. The van der Waals surface area contributed by atoms with E-state index < -0.39 is 10.0 Å². The van der Waals surface area contributed by atoms with E-state index in [0.29, 0.717) is 11.5 Å². The Morgan fingerprint density at radius 3 is 2.80 bits per heavy atom. The van der Waals surface area contributed by atoms with E-state index in [9.17, 15) is 13.2 Å². The van der Waals surface area contributed by atoms with Gasteiger partial charge in [-0.1, -0.05) is 22.9 Å². The molecule has 20 heavy (non-hydrogen) atoms. The predicted octanol–water partition coefficient (Wildman–Crippen LogP) is 1.00. The van der Waals surface area contributed by atoms with Crippen molar-refractivity contribution >= 4 is 38.8 Å². The summed E-state index contributed by atoms with van der Waals surface area (Å²) in [5.41, 5.74) is 0.495. The number of H-pyrrole nitrogens is 1. The molecule has 10 heteroatoms. The van der Waals surface area contributed by atoms with Crippen molar-refractivity contribution in [1.29, 1.82) is 0 Å². The van der Waals surface area contributed by atoms with Gasteiger partial charge in [0.05, 0.1) is 11.6 Å². The first-order chi connectivity index (χ1) is 9.42. The lowest BCUT2D eigenvalue weighted by atomic mass is 10.4. The maximum absolute atomic E-state index is 12.0. The summed E-state index contributed by atoms with van der Waals surface area (Å²) >= 11 is 6.86. The fourth-order valence-electron chi connectivity index (χ4n) is 1.41. The Labute approximate surface area is 124 Å². The highest BCUT2D eigenvalue weighted by atomic mass is 35.5. The second-order valence-corrected chi connectivity index (χ2v) is 6.77. The van der Waals surface area contributed by atoms with Crippen molar-refractivity contribution in [3.05, 3.63) is 38.0 Å². The topological polar surface area (TPSA) is 104 Å². The van der Waals surface area contributed by atoms with Crippen molar-refractivity contribution in [3.8, 4) is 0 Å². The zero-order chi connectivity index (χ0) is 14.8. The second kappa shape index (κ2) is 5.92. The molecule has 0 unspecified atom stereocenters. The molecule has 0 atom stereocenters. The third kappa shape index (κ3) is 3.37. The van der Waals surface area contributed by atoms with Gasteiger partial charge in [0, 0.05) is 24.3 Å². The number of aromatic amines is 1. The third-order valence-electron chi connectivity index (χ3n) is 2.39. The summed E-state index contributed by atoms with van der Waals surface area (Å²) in [6, 6.07) is 1.30. The number of anilines is 1. The van der Waals surface area contributed by atoms with Crippen molar-refractivity contribution in [3.63, 3.8) is 0 Å². The smallest absolute Gasteiger partial charge is 0.304 e. The maximum Gasteiger partial charge on any atom is 0.304 e. The lowest BCUT2D eigenvalue weighted by Gasteiger charge is -2.07. The van der Waals surface area contributed by atoms with E-state index in [1.165, 1.54) is 12.3 Å². The maximum atomic E-state index is 12.0. The number of aromatic nitrogens is 2. The molecular weight excluding hydrogens is 324 g/mol. The fourth-order valence-corrected chi connectivity index (χ4v) is 3.29. The molecule has 0 radical (unpaired) electrons. The van der Waals surface area contributed by atoms with Crippen LogP contribution in [0, 0.1) is 0 Å². The number of nitrogens with one attached hydrogen (secondary N) is 3. The molecule has 0 amide bonds. The molecule has 0 fully saturated rings. The molecule has 0 saturated carbocycles. The summed E-state index contributed by atoms with van der Waals surface area (Å²) in [5.74, 6) is 0.396. The highest BCUT2D eigenvalue weighted by Crippen LogP contribution is 2.21. The van der Waals surface area contributed by atoms with Crippen LogP contribution in [-0.2, 0) is 16.6 Å². The summed E-state index contributed by atoms with van der Waals surface area (Å²) in [5, 5.41) is 4.50. The van der Waals surface area contributed by atoms with Crippen molar-refractivity contribution < 1.29 is 8.42 Å². The second-order valence-electron chi connectivity index (χ2n) is 3.75. The first-order valence-electron chi connectivity index (χ1n) is 5.42. The molecule has 0 bridgehead atoms. The molecule has 7 nitrogen and oxygen atoms in total. The fraction of sp³-hybridized carbons (Fsp3) is 0.200. The summed E-state index contributed by atoms with van der Waals surface area (Å²) in [6.45, 7) is -0.00747. The van der Waals surface area contributed by atoms with Gasteiger partial charge in [0.2, 0.25) is 10.0 Å². The highest BCUT2D eigenvalue weighted by molar-refractivity contribution is 7.89. The molecule has 2 aromatic heterocycles. The Hall–Kier alpha value is -1.42. The van der Waals surface area contributed by atoms with Gasteiger partial charge in [-0.15, -0.1) is 0 Å². The molecule has 108 valence electrons. The molecule has 0 aliphatic carbocycles. The summed E-state index contributed by atoms with van der Waals surface area (Å²) in [6.07, 6.45) is 1.20. The number of hydrogen-bond donors (Lipinski definition) is 3. The van der Waals surface area contributed by atoms with Gasteiger partial charge in [-0.3, -0.25) is 4.79 Å². The molecule has 0 aromatic carbocycles. The minimum absolute atomic E-state index is 0.00747. The standard InChI is InChI=1S/C10H11ClN4O3S2/c1-12-9-8(11)2-7(4-13-9)20(17,18)14-3-6-5-19-10(16)15-6/h2,4-5,14H,3H2,1H3,(H,12,13)(H,15,16). The van der Waals surface area contributed by atoms with E-state index in [2.05, 4.69) is 20.0 Å². The number of nitrogens with zero attached hydrogens (tertiary/aromatic N) is 1. The summed E-state index contributed by atoms with van der Waals surface area (Å²) < 4.78 is 26.5. The zero-order valence-electron chi connectivity index (χ0n) is 10.3. The highest BCUT2D eigenvalue weighted by Gasteiger charge is 2.16. The minimum atomic E-state index is -3.74. The Bertz CT molecular complexity index is 769. The van der Waals surface area contributed by atoms with Crippen LogP contribution < -0.4 is 14.9 Å². The van der Waals surface area contributed by atoms with Gasteiger partial charge in [-0.25, -0.2) is 18.1 Å². The van der Waals surface area contributed by atoms with Gasteiger partial charge in [0.25, 0.3) is 0 Å². The quantitative estimate of drug-likeness (QED) is 0.757. The van der Waals surface area contributed by atoms with Crippen LogP contribution in [0.1, 0.15) is 5.69 Å². The van der Waals surface area contributed by atoms with Crippen molar-refractivity contribution in [2.75, 3.05) is 12.4 Å². The van der Waals surface area contributed by atoms with Gasteiger partial charge < -0.3 is 10.3 Å². The van der Waals surface area contributed by atoms with E-state index in [0.717, 1.165) is 11.3 Å². The van der Waals surface area contributed by atoms with Crippen molar-refractivity contribution in [2.24, 2.45) is 0 Å². The van der Waals surface area contributed by atoms with Crippen LogP contribution in [0.3, 0.4) is 0 Å². The van der Waals surface area contributed by atoms with Crippen LogP contribution in [0.15, 0.2) is 27.3 Å². The van der Waals surface area contributed by atoms with Crippen LogP contribution in [0.25, 0.3) is 0 Å². The van der Waals surface area contributed by atoms with Crippen molar-refractivity contribution in [1.82, 2.24) is 14.7 Å². The Morgan fingerprint density at radius 2 is 2.25 bits per heavy atom.